The minimum Gasteiger partial charge on any atom is -0.476 e. The van der Waals surface area contributed by atoms with Gasteiger partial charge in [0.2, 0.25) is 5.88 Å². The molecule has 1 aliphatic rings. The van der Waals surface area contributed by atoms with E-state index in [-0.39, 0.29) is 25.1 Å². The first kappa shape index (κ1) is 25.9. The van der Waals surface area contributed by atoms with Crippen molar-refractivity contribution in [1.29, 1.82) is 5.26 Å². The second kappa shape index (κ2) is 11.2. The van der Waals surface area contributed by atoms with Crippen molar-refractivity contribution in [3.05, 3.63) is 41.2 Å². The van der Waals surface area contributed by atoms with Crippen LogP contribution < -0.4 is 10.5 Å². The Hall–Kier alpha value is -4.21. The molecular weight excluding hydrogens is 474 g/mol. The predicted molar refractivity (Wildman–Crippen MR) is 140 cm³/mol. The third kappa shape index (κ3) is 5.63. The monoisotopic (exact) mass is 505 g/mol. The summed E-state index contributed by atoms with van der Waals surface area (Å²) in [5.41, 5.74) is 11.2. The standard InChI is InChI=1S/C25H31N9O3/c1-15(14-35)29-22-13-33(3)8-10-37-25-23(16(2)32-34(25)4)20-11-18-19(30-31-21(18)12-28-20)6-5-17(22)24(27)36-9-7-26/h5-6,11-12,15,35H,8-10,13-14,27H2,1-4H3,(H,30,31)/b6-5+,24-17+,29-22?. The molecule has 1 atom stereocenters. The maximum Gasteiger partial charge on any atom is 0.221 e. The average Bonchev–Trinajstić information content (AvgIpc) is 3.40. The highest BCUT2D eigenvalue weighted by Gasteiger charge is 2.21. The zero-order valence-electron chi connectivity index (χ0n) is 21.4. The molecule has 3 aromatic heterocycles. The average molecular weight is 506 g/mol. The van der Waals surface area contributed by atoms with E-state index in [1.165, 1.54) is 0 Å². The van der Waals surface area contributed by atoms with E-state index >= 15 is 0 Å². The quantitative estimate of drug-likeness (QED) is 0.446. The number of nitrogens with zero attached hydrogens (tertiary/aromatic N) is 7. The second-order valence-electron chi connectivity index (χ2n) is 8.86. The van der Waals surface area contributed by atoms with Gasteiger partial charge in [-0.2, -0.15) is 15.5 Å². The molecule has 0 spiro atoms. The van der Waals surface area contributed by atoms with E-state index in [1.54, 1.807) is 23.9 Å². The lowest BCUT2D eigenvalue weighted by molar-refractivity contribution is 0.237. The first-order valence-corrected chi connectivity index (χ1v) is 11.9. The number of likely N-dealkylation sites (N-methyl/N-ethyl adjacent to an activating group) is 1. The molecule has 0 amide bonds. The third-order valence-corrected chi connectivity index (χ3v) is 5.95. The number of hydrogen-bond donors (Lipinski definition) is 3. The minimum atomic E-state index is -0.367. The van der Waals surface area contributed by atoms with Crippen LogP contribution in [0.1, 0.15) is 18.3 Å². The molecule has 12 heteroatoms. The van der Waals surface area contributed by atoms with E-state index in [2.05, 4.69) is 20.3 Å². The Balaban J connectivity index is 1.90. The Bertz CT molecular complexity index is 1410. The van der Waals surface area contributed by atoms with Crippen molar-refractivity contribution in [1.82, 2.24) is 29.9 Å². The van der Waals surface area contributed by atoms with Crippen molar-refractivity contribution < 1.29 is 14.6 Å². The Morgan fingerprint density at radius 2 is 2.22 bits per heavy atom. The summed E-state index contributed by atoms with van der Waals surface area (Å²) >= 11 is 0. The van der Waals surface area contributed by atoms with E-state index < -0.39 is 0 Å². The van der Waals surface area contributed by atoms with E-state index in [9.17, 15) is 5.11 Å². The summed E-state index contributed by atoms with van der Waals surface area (Å²) in [4.78, 5) is 11.4. The van der Waals surface area contributed by atoms with E-state index in [0.29, 0.717) is 42.6 Å². The van der Waals surface area contributed by atoms with Gasteiger partial charge in [0.1, 0.15) is 12.7 Å². The number of aliphatic hydroxyl groups excluding tert-OH is 1. The molecule has 12 nitrogen and oxygen atoms in total. The summed E-state index contributed by atoms with van der Waals surface area (Å²) in [6.45, 7) is 4.75. The van der Waals surface area contributed by atoms with Crippen LogP contribution in [0, 0.1) is 18.3 Å². The van der Waals surface area contributed by atoms with Crippen LogP contribution in [0.25, 0.3) is 28.2 Å². The molecule has 37 heavy (non-hydrogen) atoms. The molecule has 0 radical (unpaired) electrons. The predicted octanol–water partition coefficient (Wildman–Crippen LogP) is 1.54. The van der Waals surface area contributed by atoms with Gasteiger partial charge >= 0.3 is 0 Å². The molecule has 0 fully saturated rings. The highest BCUT2D eigenvalue weighted by Crippen LogP contribution is 2.33. The second-order valence-corrected chi connectivity index (χ2v) is 8.86. The van der Waals surface area contributed by atoms with Crippen molar-refractivity contribution in [3.8, 4) is 23.2 Å². The summed E-state index contributed by atoms with van der Waals surface area (Å²) in [5.74, 6) is 0.692. The number of ether oxygens (including phenoxy) is 2. The molecule has 1 aliphatic heterocycles. The number of nitrogens with two attached hydrogens (primary N) is 1. The zero-order chi connectivity index (χ0) is 26.5. The molecule has 0 aliphatic carbocycles. The fourth-order valence-electron chi connectivity index (χ4n) is 4.10. The van der Waals surface area contributed by atoms with Crippen molar-refractivity contribution in [2.75, 3.05) is 40.0 Å². The molecule has 1 unspecified atom stereocenters. The molecule has 3 aromatic rings. The van der Waals surface area contributed by atoms with Crippen molar-refractivity contribution in [2.45, 2.75) is 19.9 Å². The smallest absolute Gasteiger partial charge is 0.221 e. The SMILES string of the molecule is Cc1nn(C)c2c1-c1cc3c(n[nH]c3cn1)/C=C/C(=C(/N)OCC#N)C(=NC(C)CO)CN(C)CCO2. The number of pyridine rings is 1. The van der Waals surface area contributed by atoms with E-state index in [0.717, 1.165) is 27.9 Å². The highest BCUT2D eigenvalue weighted by molar-refractivity contribution is 6.05. The van der Waals surface area contributed by atoms with Crippen LogP contribution in [0.2, 0.25) is 0 Å². The molecule has 4 N–H and O–H groups in total. The first-order valence-electron chi connectivity index (χ1n) is 11.9. The Morgan fingerprint density at radius 1 is 1.41 bits per heavy atom. The van der Waals surface area contributed by atoms with Crippen LogP contribution >= 0.6 is 0 Å². The number of hydrogen-bond acceptors (Lipinski definition) is 10. The van der Waals surface area contributed by atoms with Gasteiger partial charge < -0.3 is 20.3 Å². The van der Waals surface area contributed by atoms with Crippen LogP contribution in [0.3, 0.4) is 0 Å². The number of aromatic amines is 1. The van der Waals surface area contributed by atoms with Crippen molar-refractivity contribution >= 4 is 22.7 Å². The van der Waals surface area contributed by atoms with Crippen LogP contribution in [0.4, 0.5) is 0 Å². The molecule has 0 saturated carbocycles. The zero-order valence-corrected chi connectivity index (χ0v) is 21.4. The number of rotatable bonds is 4. The Kier molecular flexibility index (Phi) is 7.86. The molecule has 0 aromatic carbocycles. The number of fused-ring (bicyclic) bond motifs is 3. The molecule has 0 saturated heterocycles. The third-order valence-electron chi connectivity index (χ3n) is 5.95. The number of H-pyrrole nitrogens is 1. The van der Waals surface area contributed by atoms with Gasteiger partial charge in [0, 0.05) is 25.5 Å². The van der Waals surface area contributed by atoms with E-state index in [4.69, 9.17) is 25.5 Å². The number of aliphatic hydroxyl groups is 1. The van der Waals surface area contributed by atoms with Gasteiger partial charge in [0.25, 0.3) is 0 Å². The largest absolute Gasteiger partial charge is 0.476 e. The summed E-state index contributed by atoms with van der Waals surface area (Å²) in [6.07, 6.45) is 5.32. The van der Waals surface area contributed by atoms with Gasteiger partial charge in [-0.3, -0.25) is 20.0 Å². The molecular formula is C25H31N9O3. The highest BCUT2D eigenvalue weighted by atomic mass is 16.5. The van der Waals surface area contributed by atoms with Crippen LogP contribution in [-0.4, -0.2) is 86.7 Å². The minimum absolute atomic E-state index is 0.0620. The Morgan fingerprint density at radius 3 is 2.97 bits per heavy atom. The fourth-order valence-corrected chi connectivity index (χ4v) is 4.10. The first-order chi connectivity index (χ1) is 17.8. The van der Waals surface area contributed by atoms with Crippen molar-refractivity contribution in [3.63, 3.8) is 0 Å². The van der Waals surface area contributed by atoms with Gasteiger partial charge in [0.15, 0.2) is 12.5 Å². The van der Waals surface area contributed by atoms with Gasteiger partial charge in [-0.05, 0) is 39.1 Å². The van der Waals surface area contributed by atoms with Crippen LogP contribution in [-0.2, 0) is 11.8 Å². The lowest BCUT2D eigenvalue weighted by Gasteiger charge is -2.21. The lowest BCUT2D eigenvalue weighted by atomic mass is 10.1. The summed E-state index contributed by atoms with van der Waals surface area (Å²) in [5, 5.41) is 31.5. The summed E-state index contributed by atoms with van der Waals surface area (Å²) in [6, 6.07) is 3.52. The molecule has 4 rings (SSSR count). The Labute approximate surface area is 214 Å². The molecule has 194 valence electrons. The summed E-state index contributed by atoms with van der Waals surface area (Å²) < 4.78 is 13.4. The number of aromatic nitrogens is 5. The van der Waals surface area contributed by atoms with Gasteiger partial charge in [-0.1, -0.05) is 0 Å². The molecule has 4 heterocycles. The van der Waals surface area contributed by atoms with Crippen LogP contribution in [0.5, 0.6) is 5.88 Å². The maximum atomic E-state index is 9.67. The normalized spacial score (nSPS) is 19.0. The van der Waals surface area contributed by atoms with Crippen molar-refractivity contribution in [2.24, 2.45) is 17.8 Å². The number of aryl methyl sites for hydroxylation is 2. The van der Waals surface area contributed by atoms with Crippen LogP contribution in [0.15, 0.2) is 34.8 Å². The van der Waals surface area contributed by atoms with E-state index in [1.807, 2.05) is 44.1 Å². The van der Waals surface area contributed by atoms with Gasteiger partial charge in [-0.25, -0.2) is 4.68 Å². The topological polar surface area (TPSA) is 163 Å². The number of nitrogens with one attached hydrogen (secondary N) is 1. The van der Waals surface area contributed by atoms with Gasteiger partial charge in [0.05, 0.1) is 58.3 Å². The fraction of sp³-hybridized carbons (Fsp3) is 0.400. The lowest BCUT2D eigenvalue weighted by Crippen LogP contribution is -2.32. The maximum absolute atomic E-state index is 9.67. The van der Waals surface area contributed by atoms with Gasteiger partial charge in [-0.15, -0.1) is 0 Å². The molecule has 2 bridgehead atoms. The number of allylic oxidation sites excluding steroid dienone is 1. The summed E-state index contributed by atoms with van der Waals surface area (Å²) in [7, 11) is 3.78. The number of nitriles is 1. The number of aliphatic imine (C=N–C) groups is 1.